The molecule has 0 aromatic heterocycles. The molecule has 0 saturated heterocycles. The van der Waals surface area contributed by atoms with Crippen molar-refractivity contribution in [2.75, 3.05) is 0 Å². The molecule has 1 rings (SSSR count). The van der Waals surface area contributed by atoms with Gasteiger partial charge in [-0.2, -0.15) is 0 Å². The molecule has 0 amide bonds. The zero-order chi connectivity index (χ0) is 4.24. The molecule has 0 heterocycles. The van der Waals surface area contributed by atoms with Crippen molar-refractivity contribution >= 4 is 0 Å². The van der Waals surface area contributed by atoms with E-state index in [1.165, 1.54) is 38.5 Å². The summed E-state index contributed by atoms with van der Waals surface area (Å²) >= 11 is 0. The minimum Gasteiger partial charge on any atom is -0.0533 e. The molecule has 1 aliphatic rings. The Kier molecular flexibility index (Phi) is 5.20. The quantitative estimate of drug-likeness (QED) is 0.508. The fraction of sp³-hybridized carbons (Fsp3) is 1.00. The molecule has 0 spiro atoms. The Labute approximate surface area is 58.4 Å². The van der Waals surface area contributed by atoms with E-state index in [9.17, 15) is 0 Å². The summed E-state index contributed by atoms with van der Waals surface area (Å²) in [6, 6.07) is 0. The first-order chi connectivity index (χ1) is 3.00. The minimum atomic E-state index is 0. The molecular weight excluding hydrogens is 173 g/mol. The SMILES string of the molecule is C1CCCCC1.[Ru]. The van der Waals surface area contributed by atoms with Gasteiger partial charge in [0.2, 0.25) is 0 Å². The molecular formula is C6H12Ru. The van der Waals surface area contributed by atoms with Gasteiger partial charge in [0.15, 0.2) is 0 Å². The van der Waals surface area contributed by atoms with Crippen LogP contribution in [-0.4, -0.2) is 0 Å². The molecule has 1 saturated carbocycles. The summed E-state index contributed by atoms with van der Waals surface area (Å²) in [4.78, 5) is 0. The van der Waals surface area contributed by atoms with Crippen LogP contribution in [0.4, 0.5) is 0 Å². The standard InChI is InChI=1S/C6H12.Ru/c1-2-4-6-5-3-1;/h1-6H2;. The van der Waals surface area contributed by atoms with Gasteiger partial charge in [0.25, 0.3) is 0 Å². The normalized spacial score (nSPS) is 20.6. The Hall–Kier alpha value is 0.623. The van der Waals surface area contributed by atoms with Gasteiger partial charge in [0.05, 0.1) is 0 Å². The van der Waals surface area contributed by atoms with Crippen LogP contribution in [0.2, 0.25) is 0 Å². The third-order valence-corrected chi connectivity index (χ3v) is 1.50. The summed E-state index contributed by atoms with van der Waals surface area (Å²) in [5, 5.41) is 0. The first-order valence-electron chi connectivity index (χ1n) is 3.00. The van der Waals surface area contributed by atoms with Crippen molar-refractivity contribution in [2.24, 2.45) is 0 Å². The van der Waals surface area contributed by atoms with Crippen LogP contribution >= 0.6 is 0 Å². The first-order valence-corrected chi connectivity index (χ1v) is 3.00. The molecule has 44 valence electrons. The molecule has 0 N–H and O–H groups in total. The molecule has 0 unspecified atom stereocenters. The van der Waals surface area contributed by atoms with E-state index in [2.05, 4.69) is 0 Å². The van der Waals surface area contributed by atoms with Crippen LogP contribution in [0.3, 0.4) is 0 Å². The van der Waals surface area contributed by atoms with Gasteiger partial charge in [-0.3, -0.25) is 0 Å². The predicted octanol–water partition coefficient (Wildman–Crippen LogP) is 2.34. The minimum absolute atomic E-state index is 0. The maximum Gasteiger partial charge on any atom is 0 e. The van der Waals surface area contributed by atoms with Gasteiger partial charge in [-0.05, 0) is 0 Å². The fourth-order valence-electron chi connectivity index (χ4n) is 1.06. The van der Waals surface area contributed by atoms with E-state index in [0.29, 0.717) is 0 Å². The summed E-state index contributed by atoms with van der Waals surface area (Å²) in [5.41, 5.74) is 0. The zero-order valence-corrected chi connectivity index (χ0v) is 6.33. The smallest absolute Gasteiger partial charge is 0 e. The molecule has 0 aliphatic heterocycles. The molecule has 0 aromatic carbocycles. The molecule has 0 atom stereocenters. The van der Waals surface area contributed by atoms with Crippen molar-refractivity contribution < 1.29 is 19.5 Å². The van der Waals surface area contributed by atoms with Gasteiger partial charge in [-0.1, -0.05) is 38.5 Å². The Bertz CT molecular complexity index is 19.7. The summed E-state index contributed by atoms with van der Waals surface area (Å²) < 4.78 is 0. The van der Waals surface area contributed by atoms with E-state index >= 15 is 0 Å². The van der Waals surface area contributed by atoms with E-state index in [-0.39, 0.29) is 19.5 Å². The topological polar surface area (TPSA) is 0 Å². The Morgan fingerprint density at radius 3 is 0.714 bits per heavy atom. The van der Waals surface area contributed by atoms with Crippen molar-refractivity contribution in [1.29, 1.82) is 0 Å². The summed E-state index contributed by atoms with van der Waals surface area (Å²) in [5.74, 6) is 0. The third kappa shape index (κ3) is 3.23. The van der Waals surface area contributed by atoms with Gasteiger partial charge in [0.1, 0.15) is 0 Å². The Balaban J connectivity index is 0.000000360. The largest absolute Gasteiger partial charge is 0.0533 e. The van der Waals surface area contributed by atoms with Crippen molar-refractivity contribution in [2.45, 2.75) is 38.5 Å². The monoisotopic (exact) mass is 186 g/mol. The van der Waals surface area contributed by atoms with Crippen LogP contribution in [-0.2, 0) is 19.5 Å². The van der Waals surface area contributed by atoms with Crippen LogP contribution < -0.4 is 0 Å². The van der Waals surface area contributed by atoms with Gasteiger partial charge in [-0.25, -0.2) is 0 Å². The molecule has 0 bridgehead atoms. The van der Waals surface area contributed by atoms with Crippen LogP contribution in [0.15, 0.2) is 0 Å². The van der Waals surface area contributed by atoms with E-state index in [1.54, 1.807) is 0 Å². The van der Waals surface area contributed by atoms with Crippen LogP contribution in [0.25, 0.3) is 0 Å². The van der Waals surface area contributed by atoms with Crippen molar-refractivity contribution in [3.8, 4) is 0 Å². The summed E-state index contributed by atoms with van der Waals surface area (Å²) in [6.45, 7) is 0. The van der Waals surface area contributed by atoms with Crippen LogP contribution in [0, 0.1) is 0 Å². The molecule has 7 heavy (non-hydrogen) atoms. The molecule has 0 radical (unpaired) electrons. The Morgan fingerprint density at radius 2 is 0.571 bits per heavy atom. The predicted molar refractivity (Wildman–Crippen MR) is 27.7 cm³/mol. The molecule has 1 aliphatic carbocycles. The maximum atomic E-state index is 1.50. The fourth-order valence-corrected chi connectivity index (χ4v) is 1.06. The molecule has 0 nitrogen and oxygen atoms in total. The molecule has 0 aromatic rings. The van der Waals surface area contributed by atoms with E-state index in [1.807, 2.05) is 0 Å². The number of rotatable bonds is 0. The second-order valence-electron chi connectivity index (χ2n) is 2.12. The average molecular weight is 185 g/mol. The van der Waals surface area contributed by atoms with Gasteiger partial charge in [-0.15, -0.1) is 0 Å². The summed E-state index contributed by atoms with van der Waals surface area (Å²) in [6.07, 6.45) is 9.00. The van der Waals surface area contributed by atoms with Crippen molar-refractivity contribution in [3.05, 3.63) is 0 Å². The number of hydrogen-bond acceptors (Lipinski definition) is 0. The first kappa shape index (κ1) is 7.62. The third-order valence-electron chi connectivity index (χ3n) is 1.50. The Morgan fingerprint density at radius 1 is 0.429 bits per heavy atom. The van der Waals surface area contributed by atoms with Gasteiger partial charge in [0, 0.05) is 19.5 Å². The van der Waals surface area contributed by atoms with E-state index < -0.39 is 0 Å². The maximum absolute atomic E-state index is 1.50. The summed E-state index contributed by atoms with van der Waals surface area (Å²) in [7, 11) is 0. The average Bonchev–Trinajstić information content (AvgIpc) is 1.72. The second-order valence-corrected chi connectivity index (χ2v) is 2.12. The van der Waals surface area contributed by atoms with Crippen LogP contribution in [0.1, 0.15) is 38.5 Å². The van der Waals surface area contributed by atoms with Crippen molar-refractivity contribution in [3.63, 3.8) is 0 Å². The van der Waals surface area contributed by atoms with Crippen LogP contribution in [0.5, 0.6) is 0 Å². The zero-order valence-electron chi connectivity index (χ0n) is 4.60. The number of hydrogen-bond donors (Lipinski definition) is 0. The second kappa shape index (κ2) is 4.77. The van der Waals surface area contributed by atoms with Gasteiger partial charge < -0.3 is 0 Å². The van der Waals surface area contributed by atoms with E-state index in [4.69, 9.17) is 0 Å². The van der Waals surface area contributed by atoms with Gasteiger partial charge >= 0.3 is 0 Å². The van der Waals surface area contributed by atoms with Crippen molar-refractivity contribution in [1.82, 2.24) is 0 Å². The molecule has 1 heteroatoms. The van der Waals surface area contributed by atoms with E-state index in [0.717, 1.165) is 0 Å². The molecule has 1 fully saturated rings.